The normalized spacial score (nSPS) is 12.0. The van der Waals surface area contributed by atoms with Crippen LogP contribution in [0.4, 0.5) is 10.1 Å². The van der Waals surface area contributed by atoms with Crippen LogP contribution in [0, 0.1) is 11.7 Å². The highest BCUT2D eigenvalue weighted by Gasteiger charge is 2.36. The first-order chi connectivity index (χ1) is 22.0. The summed E-state index contributed by atoms with van der Waals surface area (Å²) in [7, 11) is -2.99. The van der Waals surface area contributed by atoms with Crippen LogP contribution in [0.5, 0.6) is 5.75 Å². The van der Waals surface area contributed by atoms with E-state index in [2.05, 4.69) is 5.32 Å². The Morgan fingerprint density at radius 3 is 2.17 bits per heavy atom. The van der Waals surface area contributed by atoms with Crippen LogP contribution in [0.15, 0.2) is 108 Å². The van der Waals surface area contributed by atoms with Gasteiger partial charge in [0.05, 0.1) is 17.7 Å². The smallest absolute Gasteiger partial charge is 0.264 e. The Bertz CT molecular complexity index is 1740. The second-order valence-electron chi connectivity index (χ2n) is 11.1. The maximum atomic E-state index is 15.1. The van der Waals surface area contributed by atoms with E-state index in [1.54, 1.807) is 30.3 Å². The van der Waals surface area contributed by atoms with Crippen molar-refractivity contribution in [1.29, 1.82) is 0 Å². The molecule has 0 aromatic heterocycles. The molecule has 0 saturated heterocycles. The maximum Gasteiger partial charge on any atom is 0.264 e. The van der Waals surface area contributed by atoms with Gasteiger partial charge in [-0.2, -0.15) is 0 Å². The molecular formula is C35H37ClFN3O5S. The lowest BCUT2D eigenvalue weighted by Gasteiger charge is -2.34. The van der Waals surface area contributed by atoms with E-state index < -0.39 is 40.2 Å². The summed E-state index contributed by atoms with van der Waals surface area (Å²) in [6.45, 7) is 3.22. The number of amides is 2. The molecular weight excluding hydrogens is 629 g/mol. The van der Waals surface area contributed by atoms with Crippen molar-refractivity contribution in [2.75, 3.05) is 24.5 Å². The Morgan fingerprint density at radius 2 is 1.54 bits per heavy atom. The molecule has 4 rings (SSSR count). The SMILES string of the molecule is COc1ccc(Cl)cc1N(CC(=O)N(Cc1ccccc1F)[C@@H](Cc1ccccc1)C(=O)NCC(C)C)S(=O)(=O)c1ccccc1. The van der Waals surface area contributed by atoms with Gasteiger partial charge in [-0.1, -0.05) is 92.2 Å². The number of hydrogen-bond acceptors (Lipinski definition) is 5. The van der Waals surface area contributed by atoms with E-state index in [0.717, 1.165) is 9.87 Å². The van der Waals surface area contributed by atoms with Gasteiger partial charge in [0.25, 0.3) is 10.0 Å². The predicted molar refractivity (Wildman–Crippen MR) is 178 cm³/mol. The lowest BCUT2D eigenvalue weighted by molar-refractivity contribution is -0.140. The molecule has 0 radical (unpaired) electrons. The molecule has 11 heteroatoms. The Morgan fingerprint density at radius 1 is 0.913 bits per heavy atom. The molecule has 2 amide bonds. The van der Waals surface area contributed by atoms with E-state index in [0.29, 0.717) is 6.54 Å². The minimum absolute atomic E-state index is 0.0295. The number of hydrogen-bond donors (Lipinski definition) is 1. The summed E-state index contributed by atoms with van der Waals surface area (Å²) >= 11 is 6.31. The number of methoxy groups -OCH3 is 1. The minimum Gasteiger partial charge on any atom is -0.495 e. The van der Waals surface area contributed by atoms with Crippen molar-refractivity contribution in [3.05, 3.63) is 125 Å². The number of sulfonamides is 1. The van der Waals surface area contributed by atoms with Crippen LogP contribution in [-0.2, 0) is 32.6 Å². The molecule has 0 fully saturated rings. The third kappa shape index (κ3) is 8.64. The number of anilines is 1. The zero-order chi connectivity index (χ0) is 33.3. The topological polar surface area (TPSA) is 96.0 Å². The maximum absolute atomic E-state index is 15.1. The van der Waals surface area contributed by atoms with Crippen molar-refractivity contribution < 1.29 is 27.1 Å². The van der Waals surface area contributed by atoms with E-state index in [1.165, 1.54) is 54.5 Å². The molecule has 0 bridgehead atoms. The van der Waals surface area contributed by atoms with Crippen molar-refractivity contribution in [2.24, 2.45) is 5.92 Å². The molecule has 0 unspecified atom stereocenters. The van der Waals surface area contributed by atoms with Crippen LogP contribution in [0.2, 0.25) is 5.02 Å². The number of benzene rings is 4. The number of carbonyl (C=O) groups is 2. The van der Waals surface area contributed by atoms with Crippen LogP contribution in [0.25, 0.3) is 0 Å². The molecule has 0 saturated carbocycles. The number of carbonyl (C=O) groups excluding carboxylic acids is 2. The van der Waals surface area contributed by atoms with Crippen molar-refractivity contribution in [1.82, 2.24) is 10.2 Å². The van der Waals surface area contributed by atoms with Gasteiger partial charge in [0.1, 0.15) is 24.2 Å². The zero-order valence-corrected chi connectivity index (χ0v) is 27.5. The van der Waals surface area contributed by atoms with Gasteiger partial charge in [0.15, 0.2) is 0 Å². The average molecular weight is 666 g/mol. The van der Waals surface area contributed by atoms with Gasteiger partial charge in [-0.15, -0.1) is 0 Å². The van der Waals surface area contributed by atoms with Crippen molar-refractivity contribution >= 4 is 39.1 Å². The molecule has 46 heavy (non-hydrogen) atoms. The van der Waals surface area contributed by atoms with E-state index in [-0.39, 0.29) is 45.8 Å². The van der Waals surface area contributed by atoms with Gasteiger partial charge in [-0.25, -0.2) is 12.8 Å². The van der Waals surface area contributed by atoms with E-state index in [4.69, 9.17) is 16.3 Å². The molecule has 0 aliphatic carbocycles. The fourth-order valence-corrected chi connectivity index (χ4v) is 6.48. The van der Waals surface area contributed by atoms with Crippen molar-refractivity contribution in [2.45, 2.75) is 37.8 Å². The fourth-order valence-electron chi connectivity index (χ4n) is 4.88. The van der Waals surface area contributed by atoms with Crippen LogP contribution < -0.4 is 14.4 Å². The summed E-state index contributed by atoms with van der Waals surface area (Å²) < 4.78 is 49.8. The molecule has 0 aliphatic rings. The van der Waals surface area contributed by atoms with Gasteiger partial charge in [0, 0.05) is 30.1 Å². The fraction of sp³-hybridized carbons (Fsp3) is 0.257. The van der Waals surface area contributed by atoms with Crippen LogP contribution in [0.3, 0.4) is 0 Å². The van der Waals surface area contributed by atoms with Crippen LogP contribution >= 0.6 is 11.6 Å². The highest BCUT2D eigenvalue weighted by Crippen LogP contribution is 2.35. The highest BCUT2D eigenvalue weighted by molar-refractivity contribution is 7.92. The van der Waals surface area contributed by atoms with E-state index in [9.17, 15) is 18.0 Å². The number of nitrogens with one attached hydrogen (secondary N) is 1. The first kappa shape index (κ1) is 34.5. The van der Waals surface area contributed by atoms with Gasteiger partial charge in [0.2, 0.25) is 11.8 Å². The summed E-state index contributed by atoms with van der Waals surface area (Å²) in [5, 5.41) is 3.13. The Hall–Kier alpha value is -4.41. The standard InChI is InChI=1S/C35H37ClFN3O5S/c1-25(2)22-38-35(42)32(20-26-12-6-4-7-13-26)39(23-27-14-10-11-17-30(27)37)34(41)24-40(31-21-28(36)18-19-33(31)45-3)46(43,44)29-15-8-5-9-16-29/h4-19,21,25,32H,20,22-24H2,1-3H3,(H,38,42)/t32-/m0/s1. The molecule has 4 aromatic carbocycles. The third-order valence-corrected chi connectivity index (χ3v) is 9.28. The summed E-state index contributed by atoms with van der Waals surface area (Å²) in [5.74, 6) is -1.45. The van der Waals surface area contributed by atoms with Crippen molar-refractivity contribution in [3.63, 3.8) is 0 Å². The first-order valence-electron chi connectivity index (χ1n) is 14.8. The number of nitrogens with zero attached hydrogens (tertiary/aromatic N) is 2. The van der Waals surface area contributed by atoms with E-state index >= 15 is 4.39 Å². The van der Waals surface area contributed by atoms with Gasteiger partial charge in [-0.3, -0.25) is 13.9 Å². The summed E-state index contributed by atoms with van der Waals surface area (Å²) in [5.41, 5.74) is 0.967. The lowest BCUT2D eigenvalue weighted by atomic mass is 10.0. The second-order valence-corrected chi connectivity index (χ2v) is 13.4. The summed E-state index contributed by atoms with van der Waals surface area (Å²) in [6, 6.07) is 26.1. The molecule has 0 aliphatic heterocycles. The molecule has 1 N–H and O–H groups in total. The van der Waals surface area contributed by atoms with Crippen LogP contribution in [-0.4, -0.2) is 51.4 Å². The van der Waals surface area contributed by atoms with Gasteiger partial charge < -0.3 is 15.0 Å². The van der Waals surface area contributed by atoms with Gasteiger partial charge in [-0.05, 0) is 47.9 Å². The zero-order valence-electron chi connectivity index (χ0n) is 25.9. The molecule has 4 aromatic rings. The quantitative estimate of drug-likeness (QED) is 0.176. The number of halogens is 2. The van der Waals surface area contributed by atoms with Crippen LogP contribution in [0.1, 0.15) is 25.0 Å². The monoisotopic (exact) mass is 665 g/mol. The number of ether oxygens (including phenoxy) is 1. The molecule has 8 nitrogen and oxygen atoms in total. The Labute approximate surface area is 274 Å². The number of rotatable bonds is 14. The average Bonchev–Trinajstić information content (AvgIpc) is 3.05. The Kier molecular flexibility index (Phi) is 11.8. The predicted octanol–water partition coefficient (Wildman–Crippen LogP) is 6.10. The molecule has 0 heterocycles. The first-order valence-corrected chi connectivity index (χ1v) is 16.6. The summed E-state index contributed by atoms with van der Waals surface area (Å²) in [6.07, 6.45) is 0.108. The summed E-state index contributed by atoms with van der Waals surface area (Å²) in [4.78, 5) is 29.5. The lowest BCUT2D eigenvalue weighted by Crippen LogP contribution is -2.53. The highest BCUT2D eigenvalue weighted by atomic mass is 35.5. The largest absolute Gasteiger partial charge is 0.495 e. The van der Waals surface area contributed by atoms with Gasteiger partial charge >= 0.3 is 0 Å². The third-order valence-electron chi connectivity index (χ3n) is 7.27. The molecule has 242 valence electrons. The second kappa shape index (κ2) is 15.7. The van der Waals surface area contributed by atoms with Crippen molar-refractivity contribution in [3.8, 4) is 5.75 Å². The minimum atomic E-state index is -4.37. The van der Waals surface area contributed by atoms with E-state index in [1.807, 2.05) is 44.2 Å². The molecule has 1 atom stereocenters. The molecule has 0 spiro atoms. The Balaban J connectivity index is 1.85.